The molecule has 0 aromatic heterocycles. The third-order valence-corrected chi connectivity index (χ3v) is 2.21. The zero-order valence-electron chi connectivity index (χ0n) is 8.62. The van der Waals surface area contributed by atoms with Crippen molar-refractivity contribution in [3.05, 3.63) is 29.3 Å². The van der Waals surface area contributed by atoms with Crippen LogP contribution in [-0.4, -0.2) is 29.5 Å². The molecule has 0 aliphatic carbocycles. The number of hydrogen-bond donors (Lipinski definition) is 3. The molecule has 0 amide bonds. The van der Waals surface area contributed by atoms with E-state index < -0.39 is 6.10 Å². The zero-order valence-corrected chi connectivity index (χ0v) is 8.62. The van der Waals surface area contributed by atoms with Gasteiger partial charge in [-0.2, -0.15) is 0 Å². The van der Waals surface area contributed by atoms with E-state index in [1.54, 1.807) is 0 Å². The molecule has 0 heterocycles. The van der Waals surface area contributed by atoms with E-state index in [-0.39, 0.29) is 6.61 Å². The maximum atomic E-state index is 9.19. The van der Waals surface area contributed by atoms with Gasteiger partial charge in [-0.05, 0) is 25.0 Å². The molecule has 0 aliphatic rings. The van der Waals surface area contributed by atoms with E-state index in [0.717, 1.165) is 16.8 Å². The largest absolute Gasteiger partial charge is 0.394 e. The van der Waals surface area contributed by atoms with Crippen LogP contribution in [0.4, 0.5) is 5.69 Å². The smallest absolute Gasteiger partial charge is 0.0942 e. The van der Waals surface area contributed by atoms with Crippen LogP contribution < -0.4 is 5.32 Å². The fraction of sp³-hybridized carbons (Fsp3) is 0.455. The first kappa shape index (κ1) is 11.0. The van der Waals surface area contributed by atoms with Gasteiger partial charge in [0.1, 0.15) is 0 Å². The van der Waals surface area contributed by atoms with E-state index in [0.29, 0.717) is 6.54 Å². The van der Waals surface area contributed by atoms with Crippen molar-refractivity contribution >= 4 is 5.69 Å². The summed E-state index contributed by atoms with van der Waals surface area (Å²) in [5.74, 6) is 0. The Morgan fingerprint density at radius 3 is 2.36 bits per heavy atom. The van der Waals surface area contributed by atoms with E-state index in [2.05, 4.69) is 5.32 Å². The van der Waals surface area contributed by atoms with Crippen molar-refractivity contribution in [3.8, 4) is 0 Å². The van der Waals surface area contributed by atoms with E-state index in [9.17, 15) is 5.11 Å². The number of benzene rings is 1. The summed E-state index contributed by atoms with van der Waals surface area (Å²) < 4.78 is 0. The van der Waals surface area contributed by atoms with Crippen molar-refractivity contribution in [2.75, 3.05) is 18.5 Å². The van der Waals surface area contributed by atoms with Gasteiger partial charge in [-0.15, -0.1) is 0 Å². The maximum Gasteiger partial charge on any atom is 0.0942 e. The predicted octanol–water partition coefficient (Wildman–Crippen LogP) is 1.07. The normalized spacial score (nSPS) is 12.6. The monoisotopic (exact) mass is 195 g/mol. The Morgan fingerprint density at radius 1 is 1.29 bits per heavy atom. The van der Waals surface area contributed by atoms with Crippen molar-refractivity contribution in [3.63, 3.8) is 0 Å². The van der Waals surface area contributed by atoms with Crippen LogP contribution >= 0.6 is 0 Å². The molecule has 0 saturated heterocycles. The molecule has 0 fully saturated rings. The van der Waals surface area contributed by atoms with Crippen LogP contribution in [0.1, 0.15) is 11.1 Å². The molecule has 3 N–H and O–H groups in total. The molecule has 3 heteroatoms. The Bertz CT molecular complexity index is 279. The van der Waals surface area contributed by atoms with E-state index in [1.165, 1.54) is 0 Å². The van der Waals surface area contributed by atoms with E-state index >= 15 is 0 Å². The molecule has 0 bridgehead atoms. The SMILES string of the molecule is Cc1cccc(C)c1NC[C@H](O)CO. The molecule has 0 radical (unpaired) electrons. The van der Waals surface area contributed by atoms with Crippen molar-refractivity contribution in [2.45, 2.75) is 20.0 Å². The first-order valence-electron chi connectivity index (χ1n) is 4.74. The second-order valence-corrected chi connectivity index (χ2v) is 3.48. The van der Waals surface area contributed by atoms with Crippen LogP contribution in [0, 0.1) is 13.8 Å². The first-order valence-corrected chi connectivity index (χ1v) is 4.74. The third-order valence-electron chi connectivity index (χ3n) is 2.21. The molecule has 1 aromatic rings. The van der Waals surface area contributed by atoms with Gasteiger partial charge < -0.3 is 15.5 Å². The lowest BCUT2D eigenvalue weighted by Gasteiger charge is -2.14. The molecule has 0 spiro atoms. The third kappa shape index (κ3) is 2.72. The van der Waals surface area contributed by atoms with Gasteiger partial charge in [0.05, 0.1) is 12.7 Å². The molecular formula is C11H17NO2. The highest BCUT2D eigenvalue weighted by molar-refractivity contribution is 5.56. The Labute approximate surface area is 84.4 Å². The van der Waals surface area contributed by atoms with E-state index in [1.807, 2.05) is 32.0 Å². The van der Waals surface area contributed by atoms with Gasteiger partial charge >= 0.3 is 0 Å². The lowest BCUT2D eigenvalue weighted by atomic mass is 10.1. The highest BCUT2D eigenvalue weighted by atomic mass is 16.3. The van der Waals surface area contributed by atoms with Crippen LogP contribution in [0.5, 0.6) is 0 Å². The number of aliphatic hydroxyl groups excluding tert-OH is 2. The summed E-state index contributed by atoms with van der Waals surface area (Å²) in [6.45, 7) is 4.20. The Balaban J connectivity index is 2.66. The summed E-state index contributed by atoms with van der Waals surface area (Å²) in [6.07, 6.45) is -0.700. The fourth-order valence-corrected chi connectivity index (χ4v) is 1.38. The van der Waals surface area contributed by atoms with Crippen LogP contribution in [-0.2, 0) is 0 Å². The molecule has 78 valence electrons. The lowest BCUT2D eigenvalue weighted by molar-refractivity contribution is 0.105. The molecule has 1 rings (SSSR count). The minimum Gasteiger partial charge on any atom is -0.394 e. The second-order valence-electron chi connectivity index (χ2n) is 3.48. The second kappa shape index (κ2) is 4.98. The van der Waals surface area contributed by atoms with Gasteiger partial charge in [-0.1, -0.05) is 18.2 Å². The lowest BCUT2D eigenvalue weighted by Crippen LogP contribution is -2.23. The molecule has 0 saturated carbocycles. The quantitative estimate of drug-likeness (QED) is 0.673. The maximum absolute atomic E-state index is 9.19. The number of aliphatic hydroxyl groups is 2. The number of anilines is 1. The highest BCUT2D eigenvalue weighted by Crippen LogP contribution is 2.18. The van der Waals surface area contributed by atoms with Crippen molar-refractivity contribution in [1.82, 2.24) is 0 Å². The van der Waals surface area contributed by atoms with Gasteiger partial charge in [0.15, 0.2) is 0 Å². The van der Waals surface area contributed by atoms with Crippen LogP contribution in [0.15, 0.2) is 18.2 Å². The summed E-state index contributed by atoms with van der Waals surface area (Å²) in [4.78, 5) is 0. The Morgan fingerprint density at radius 2 is 1.86 bits per heavy atom. The summed E-state index contributed by atoms with van der Waals surface area (Å²) in [5, 5.41) is 21.0. The fourth-order valence-electron chi connectivity index (χ4n) is 1.38. The van der Waals surface area contributed by atoms with Crippen molar-refractivity contribution in [1.29, 1.82) is 0 Å². The van der Waals surface area contributed by atoms with Gasteiger partial charge in [-0.3, -0.25) is 0 Å². The topological polar surface area (TPSA) is 52.5 Å². The summed E-state index contributed by atoms with van der Waals surface area (Å²) in [6, 6.07) is 6.03. The summed E-state index contributed by atoms with van der Waals surface area (Å²) >= 11 is 0. The van der Waals surface area contributed by atoms with Crippen LogP contribution in [0.3, 0.4) is 0 Å². The average molecular weight is 195 g/mol. The summed E-state index contributed by atoms with van der Waals surface area (Å²) in [5.41, 5.74) is 3.34. The van der Waals surface area contributed by atoms with Gasteiger partial charge in [0.2, 0.25) is 0 Å². The van der Waals surface area contributed by atoms with Gasteiger partial charge in [0.25, 0.3) is 0 Å². The predicted molar refractivity (Wildman–Crippen MR) is 57.5 cm³/mol. The molecule has 0 aliphatic heterocycles. The van der Waals surface area contributed by atoms with Crippen LogP contribution in [0.2, 0.25) is 0 Å². The Kier molecular flexibility index (Phi) is 3.92. The molecule has 14 heavy (non-hydrogen) atoms. The average Bonchev–Trinajstić information content (AvgIpc) is 2.16. The van der Waals surface area contributed by atoms with E-state index in [4.69, 9.17) is 5.11 Å². The summed E-state index contributed by atoms with van der Waals surface area (Å²) in [7, 11) is 0. The molecular weight excluding hydrogens is 178 g/mol. The zero-order chi connectivity index (χ0) is 10.6. The number of para-hydroxylation sites is 1. The molecule has 0 unspecified atom stereocenters. The standard InChI is InChI=1S/C11H17NO2/c1-8-4-3-5-9(2)11(8)12-6-10(14)7-13/h3-5,10,12-14H,6-7H2,1-2H3/t10-/m0/s1. The Hall–Kier alpha value is -1.06. The number of rotatable bonds is 4. The molecule has 1 aromatic carbocycles. The minimum absolute atomic E-state index is 0.210. The van der Waals surface area contributed by atoms with Gasteiger partial charge in [0, 0.05) is 12.2 Å². The number of nitrogens with one attached hydrogen (secondary N) is 1. The number of aryl methyl sites for hydroxylation is 2. The van der Waals surface area contributed by atoms with Crippen molar-refractivity contribution < 1.29 is 10.2 Å². The molecule has 1 atom stereocenters. The van der Waals surface area contributed by atoms with Gasteiger partial charge in [-0.25, -0.2) is 0 Å². The van der Waals surface area contributed by atoms with Crippen LogP contribution in [0.25, 0.3) is 0 Å². The first-order chi connectivity index (χ1) is 6.65. The highest BCUT2D eigenvalue weighted by Gasteiger charge is 2.04. The number of hydrogen-bond acceptors (Lipinski definition) is 3. The van der Waals surface area contributed by atoms with Crippen molar-refractivity contribution in [2.24, 2.45) is 0 Å². The molecule has 3 nitrogen and oxygen atoms in total. The minimum atomic E-state index is -0.700.